The summed E-state index contributed by atoms with van der Waals surface area (Å²) in [5.41, 5.74) is 3.24. The SMILES string of the molecule is COc1cc(C(F)(F)F)ccc1-c1ccc(CC(c2cnc[nH]2)N2CCN(c3cccc(Cl)c3)C(=O)C2)cc1.Cl.Cl. The number of piperazine rings is 1. The Bertz CT molecular complexity index is 1450. The number of carbonyl (C=O) groups is 1. The van der Waals surface area contributed by atoms with Crippen LogP contribution < -0.4 is 9.64 Å². The zero-order valence-electron chi connectivity index (χ0n) is 21.9. The number of hydrogen-bond acceptors (Lipinski definition) is 4. The lowest BCUT2D eigenvalue weighted by Crippen LogP contribution is -2.51. The van der Waals surface area contributed by atoms with E-state index in [4.69, 9.17) is 16.3 Å². The molecule has 2 heterocycles. The molecule has 1 aromatic heterocycles. The largest absolute Gasteiger partial charge is 0.496 e. The molecule has 1 aliphatic rings. The van der Waals surface area contributed by atoms with Crippen molar-refractivity contribution in [1.29, 1.82) is 0 Å². The standard InChI is InChI=1S/C29H26ClF3N4O2.2ClH/c1-39-27-14-21(29(31,32)33)9-10-24(27)20-7-5-19(6-8-20)13-26(25-16-34-18-35-25)36-11-12-37(28(38)17-36)23-4-2-3-22(30)15-23;;/h2-10,14-16,18,26H,11-13,17H2,1H3,(H,34,35);2*1H. The number of ether oxygens (including phenoxy) is 1. The average Bonchev–Trinajstić information content (AvgIpc) is 3.46. The van der Waals surface area contributed by atoms with Crippen molar-refractivity contribution in [3.05, 3.63) is 101 Å². The van der Waals surface area contributed by atoms with Crippen LogP contribution in [0.5, 0.6) is 5.75 Å². The zero-order valence-corrected chi connectivity index (χ0v) is 24.3. The van der Waals surface area contributed by atoms with E-state index in [2.05, 4.69) is 14.9 Å². The van der Waals surface area contributed by atoms with Crippen LogP contribution in [0.25, 0.3) is 11.1 Å². The highest BCUT2D eigenvalue weighted by Gasteiger charge is 2.32. The van der Waals surface area contributed by atoms with Crippen LogP contribution in [0.2, 0.25) is 5.02 Å². The third-order valence-corrected chi connectivity index (χ3v) is 7.15. The predicted molar refractivity (Wildman–Crippen MR) is 158 cm³/mol. The van der Waals surface area contributed by atoms with Gasteiger partial charge in [-0.25, -0.2) is 4.98 Å². The Kier molecular flexibility index (Phi) is 10.7. The van der Waals surface area contributed by atoms with Crippen molar-refractivity contribution in [3.63, 3.8) is 0 Å². The molecule has 0 saturated carbocycles. The summed E-state index contributed by atoms with van der Waals surface area (Å²) in [6, 6.07) is 18.3. The van der Waals surface area contributed by atoms with Crippen LogP contribution in [0.4, 0.5) is 18.9 Å². The number of H-pyrrole nitrogens is 1. The van der Waals surface area contributed by atoms with Gasteiger partial charge in [0.05, 0.1) is 37.3 Å². The summed E-state index contributed by atoms with van der Waals surface area (Å²) >= 11 is 6.13. The second kappa shape index (κ2) is 13.6. The van der Waals surface area contributed by atoms with Crippen LogP contribution in [0.15, 0.2) is 79.3 Å². The fourth-order valence-corrected chi connectivity index (χ4v) is 5.09. The predicted octanol–water partition coefficient (Wildman–Crippen LogP) is 7.23. The maximum Gasteiger partial charge on any atom is 0.416 e. The molecule has 0 spiro atoms. The maximum atomic E-state index is 13.1. The third kappa shape index (κ3) is 7.35. The van der Waals surface area contributed by atoms with E-state index in [0.717, 1.165) is 34.6 Å². The van der Waals surface area contributed by atoms with E-state index in [9.17, 15) is 18.0 Å². The van der Waals surface area contributed by atoms with E-state index >= 15 is 0 Å². The number of aromatic nitrogens is 2. The number of rotatable bonds is 7. The number of halogens is 6. The average molecular weight is 628 g/mol. The molecular formula is C29H28Cl3F3N4O2. The lowest BCUT2D eigenvalue weighted by atomic mass is 9.97. The summed E-state index contributed by atoms with van der Waals surface area (Å²) in [5.74, 6) is 0.141. The monoisotopic (exact) mass is 626 g/mol. The molecule has 1 saturated heterocycles. The number of carbonyl (C=O) groups excluding carboxylic acids is 1. The van der Waals surface area contributed by atoms with Gasteiger partial charge in [0.2, 0.25) is 5.91 Å². The zero-order chi connectivity index (χ0) is 27.6. The number of benzene rings is 3. The summed E-state index contributed by atoms with van der Waals surface area (Å²) < 4.78 is 44.7. The first kappa shape index (κ1) is 32.3. The topological polar surface area (TPSA) is 61.5 Å². The molecule has 1 atom stereocenters. The van der Waals surface area contributed by atoms with E-state index in [1.165, 1.54) is 13.2 Å². The molecule has 1 amide bonds. The third-order valence-electron chi connectivity index (χ3n) is 6.91. The fraction of sp³-hybridized carbons (Fsp3) is 0.241. The Morgan fingerprint density at radius 1 is 1.05 bits per heavy atom. The fourth-order valence-electron chi connectivity index (χ4n) is 4.91. The van der Waals surface area contributed by atoms with Gasteiger partial charge in [0.15, 0.2) is 0 Å². The van der Waals surface area contributed by atoms with Gasteiger partial charge >= 0.3 is 6.18 Å². The van der Waals surface area contributed by atoms with Gasteiger partial charge < -0.3 is 14.6 Å². The van der Waals surface area contributed by atoms with E-state index in [1.807, 2.05) is 36.4 Å². The molecule has 6 nitrogen and oxygen atoms in total. The molecule has 1 unspecified atom stereocenters. The summed E-state index contributed by atoms with van der Waals surface area (Å²) in [7, 11) is 1.36. The minimum Gasteiger partial charge on any atom is -0.496 e. The van der Waals surface area contributed by atoms with Crippen LogP contribution in [0, 0.1) is 0 Å². The number of nitrogens with one attached hydrogen (secondary N) is 1. The summed E-state index contributed by atoms with van der Waals surface area (Å²) in [6.45, 7) is 1.41. The van der Waals surface area contributed by atoms with Gasteiger partial charge in [-0.05, 0) is 47.9 Å². The van der Waals surface area contributed by atoms with Gasteiger partial charge in [-0.2, -0.15) is 13.2 Å². The van der Waals surface area contributed by atoms with Crippen LogP contribution in [-0.2, 0) is 17.4 Å². The van der Waals surface area contributed by atoms with Crippen LogP contribution >= 0.6 is 36.4 Å². The van der Waals surface area contributed by atoms with Crippen molar-refractivity contribution in [2.45, 2.75) is 18.6 Å². The van der Waals surface area contributed by atoms with E-state index in [1.54, 1.807) is 29.6 Å². The summed E-state index contributed by atoms with van der Waals surface area (Å²) in [6.07, 6.45) is -0.457. The van der Waals surface area contributed by atoms with Crippen LogP contribution in [0.3, 0.4) is 0 Å². The lowest BCUT2D eigenvalue weighted by molar-refractivity contribution is -0.137. The maximum absolute atomic E-state index is 13.1. The van der Waals surface area contributed by atoms with Crippen molar-refractivity contribution >= 4 is 48.0 Å². The Morgan fingerprint density at radius 3 is 2.41 bits per heavy atom. The van der Waals surface area contributed by atoms with Crippen molar-refractivity contribution in [2.24, 2.45) is 0 Å². The molecule has 1 N–H and O–H groups in total. The minimum absolute atomic E-state index is 0. The number of amides is 1. The van der Waals surface area contributed by atoms with Gasteiger partial charge in [0, 0.05) is 35.6 Å². The molecule has 3 aromatic carbocycles. The van der Waals surface area contributed by atoms with Gasteiger partial charge in [-0.3, -0.25) is 9.69 Å². The molecule has 4 aromatic rings. The first-order valence-corrected chi connectivity index (χ1v) is 12.7. The highest BCUT2D eigenvalue weighted by Crippen LogP contribution is 2.37. The number of methoxy groups -OCH3 is 1. The smallest absolute Gasteiger partial charge is 0.416 e. The second-order valence-corrected chi connectivity index (χ2v) is 9.77. The first-order valence-electron chi connectivity index (χ1n) is 12.4. The normalized spacial score (nSPS) is 14.7. The summed E-state index contributed by atoms with van der Waals surface area (Å²) in [4.78, 5) is 24.4. The molecule has 218 valence electrons. The number of nitrogens with zero attached hydrogens (tertiary/aromatic N) is 3. The van der Waals surface area contributed by atoms with Crippen LogP contribution in [0.1, 0.15) is 22.9 Å². The molecule has 1 fully saturated rings. The number of hydrogen-bond donors (Lipinski definition) is 1. The van der Waals surface area contributed by atoms with E-state index < -0.39 is 11.7 Å². The number of aromatic amines is 1. The minimum atomic E-state index is -4.45. The molecule has 1 aliphatic heterocycles. The molecule has 12 heteroatoms. The van der Waals surface area contributed by atoms with Crippen molar-refractivity contribution in [3.8, 4) is 16.9 Å². The van der Waals surface area contributed by atoms with E-state index in [0.29, 0.717) is 30.1 Å². The Balaban J connectivity index is 0.00000231. The molecule has 41 heavy (non-hydrogen) atoms. The molecule has 0 aliphatic carbocycles. The molecule has 5 rings (SSSR count). The van der Waals surface area contributed by atoms with Crippen molar-refractivity contribution < 1.29 is 22.7 Å². The number of anilines is 1. The second-order valence-electron chi connectivity index (χ2n) is 9.33. The Labute approximate surface area is 253 Å². The van der Waals surface area contributed by atoms with Gasteiger partial charge in [0.1, 0.15) is 5.75 Å². The van der Waals surface area contributed by atoms with E-state index in [-0.39, 0.29) is 49.1 Å². The lowest BCUT2D eigenvalue weighted by Gasteiger charge is -2.38. The quantitative estimate of drug-likeness (QED) is 0.235. The highest BCUT2D eigenvalue weighted by atomic mass is 35.5. The molecule has 0 radical (unpaired) electrons. The summed E-state index contributed by atoms with van der Waals surface area (Å²) in [5, 5.41) is 0.579. The number of alkyl halides is 3. The van der Waals surface area contributed by atoms with Gasteiger partial charge in [-0.1, -0.05) is 48.0 Å². The van der Waals surface area contributed by atoms with Crippen molar-refractivity contribution in [2.75, 3.05) is 31.6 Å². The van der Waals surface area contributed by atoms with Gasteiger partial charge in [0.25, 0.3) is 0 Å². The first-order chi connectivity index (χ1) is 18.7. The molecular weight excluding hydrogens is 600 g/mol. The van der Waals surface area contributed by atoms with Crippen LogP contribution in [-0.4, -0.2) is 47.5 Å². The van der Waals surface area contributed by atoms with Crippen molar-refractivity contribution in [1.82, 2.24) is 14.9 Å². The number of imidazole rings is 1. The highest BCUT2D eigenvalue weighted by molar-refractivity contribution is 6.30. The molecule has 0 bridgehead atoms. The Morgan fingerprint density at radius 2 is 1.80 bits per heavy atom. The Hall–Kier alpha value is -3.24. The van der Waals surface area contributed by atoms with Gasteiger partial charge in [-0.15, -0.1) is 24.8 Å².